The highest BCUT2D eigenvalue weighted by molar-refractivity contribution is 5.96. The van der Waals surface area contributed by atoms with Crippen molar-refractivity contribution >= 4 is 23.9 Å². The van der Waals surface area contributed by atoms with E-state index in [9.17, 15) is 14.4 Å². The van der Waals surface area contributed by atoms with Crippen LogP contribution in [0.5, 0.6) is 0 Å². The third-order valence-electron chi connectivity index (χ3n) is 3.23. The van der Waals surface area contributed by atoms with Gasteiger partial charge in [-0.15, -0.1) is 0 Å². The van der Waals surface area contributed by atoms with Crippen LogP contribution >= 0.6 is 0 Å². The lowest BCUT2D eigenvalue weighted by Gasteiger charge is -2.09. The van der Waals surface area contributed by atoms with E-state index in [0.717, 1.165) is 5.56 Å². The molecular weight excluding hydrogens is 364 g/mol. The summed E-state index contributed by atoms with van der Waals surface area (Å²) in [4.78, 5) is 38.6. The number of unbranched alkanes of at least 4 members (excludes halogenated alkanes) is 1. The lowest BCUT2D eigenvalue weighted by molar-refractivity contribution is -0.301. The third kappa shape index (κ3) is 11.1. The lowest BCUT2D eigenvalue weighted by atomic mass is 10.1. The minimum absolute atomic E-state index is 0.157. The molecule has 0 spiro atoms. The molecule has 0 saturated carbocycles. The minimum Gasteiger partial charge on any atom is -0.468 e. The van der Waals surface area contributed by atoms with Crippen LogP contribution in [0.25, 0.3) is 6.08 Å². The summed E-state index contributed by atoms with van der Waals surface area (Å²) >= 11 is 0. The summed E-state index contributed by atoms with van der Waals surface area (Å²) in [7, 11) is 2.45. The fourth-order valence-electron chi connectivity index (χ4n) is 1.90. The standard InChI is InChI=1S/C17H22N2O6.C3H8/c1-24-16(21)12-18-17(22)14-9-6-8-13(11-14)7-4-3-5-10-15(20)19(23)25-2;1-3-2/h4,6-9,11,23H,3,5,10,12H2,1-2H3,(H,18,22);3H2,1-2H3/b7-4-;. The third-order valence-corrected chi connectivity index (χ3v) is 3.23. The number of carbonyl (C=O) groups is 3. The quantitative estimate of drug-likeness (QED) is 0.289. The van der Waals surface area contributed by atoms with Gasteiger partial charge in [-0.25, -0.2) is 4.84 Å². The maximum absolute atomic E-state index is 11.9. The highest BCUT2D eigenvalue weighted by Crippen LogP contribution is 2.09. The summed E-state index contributed by atoms with van der Waals surface area (Å²) in [6, 6.07) is 6.90. The van der Waals surface area contributed by atoms with Gasteiger partial charge in [0.15, 0.2) is 0 Å². The van der Waals surface area contributed by atoms with E-state index in [2.05, 4.69) is 28.7 Å². The molecule has 8 nitrogen and oxygen atoms in total. The Morgan fingerprint density at radius 2 is 1.89 bits per heavy atom. The molecule has 28 heavy (non-hydrogen) atoms. The average molecular weight is 394 g/mol. The number of esters is 1. The number of amides is 2. The molecule has 1 aromatic carbocycles. The zero-order valence-corrected chi connectivity index (χ0v) is 16.9. The van der Waals surface area contributed by atoms with Crippen LogP contribution in [0.1, 0.15) is 55.5 Å². The number of benzene rings is 1. The summed E-state index contributed by atoms with van der Waals surface area (Å²) in [6.45, 7) is 4.06. The first-order valence-electron chi connectivity index (χ1n) is 9.07. The van der Waals surface area contributed by atoms with Gasteiger partial charge in [0.25, 0.3) is 11.8 Å². The van der Waals surface area contributed by atoms with E-state index < -0.39 is 11.9 Å². The maximum atomic E-state index is 11.9. The number of hydroxylamine groups is 2. The molecule has 8 heteroatoms. The van der Waals surface area contributed by atoms with Gasteiger partial charge in [-0.2, -0.15) is 0 Å². The Bertz CT molecular complexity index is 645. The van der Waals surface area contributed by atoms with Gasteiger partial charge in [-0.3, -0.25) is 19.6 Å². The Morgan fingerprint density at radius 3 is 2.50 bits per heavy atom. The molecule has 0 atom stereocenters. The molecule has 156 valence electrons. The van der Waals surface area contributed by atoms with Crippen molar-refractivity contribution in [2.45, 2.75) is 39.5 Å². The van der Waals surface area contributed by atoms with Crippen molar-refractivity contribution in [1.29, 1.82) is 0 Å². The van der Waals surface area contributed by atoms with Crippen molar-refractivity contribution in [3.05, 3.63) is 41.5 Å². The van der Waals surface area contributed by atoms with Crippen LogP contribution in [-0.2, 0) is 19.2 Å². The van der Waals surface area contributed by atoms with Crippen LogP contribution in [0.15, 0.2) is 30.3 Å². The second kappa shape index (κ2) is 15.4. The Hall–Kier alpha value is -2.71. The van der Waals surface area contributed by atoms with E-state index in [4.69, 9.17) is 5.21 Å². The summed E-state index contributed by atoms with van der Waals surface area (Å²) < 4.78 is 4.46. The molecule has 0 aliphatic heterocycles. The lowest BCUT2D eigenvalue weighted by Crippen LogP contribution is -2.30. The number of methoxy groups -OCH3 is 1. The van der Waals surface area contributed by atoms with Crippen LogP contribution < -0.4 is 5.32 Å². The first kappa shape index (κ1) is 25.3. The number of nitrogens with zero attached hydrogens (tertiary/aromatic N) is 1. The van der Waals surface area contributed by atoms with E-state index in [0.29, 0.717) is 18.4 Å². The molecule has 1 rings (SSSR count). The summed E-state index contributed by atoms with van der Waals surface area (Å²) in [5.74, 6) is -1.40. The summed E-state index contributed by atoms with van der Waals surface area (Å²) in [6.07, 6.45) is 6.28. The fourth-order valence-corrected chi connectivity index (χ4v) is 1.90. The SMILES string of the molecule is CCC.COC(=O)CNC(=O)c1cccc(/C=C\CCCC(=O)N(O)OC)c1. The molecule has 0 heterocycles. The number of carbonyl (C=O) groups excluding carboxylic acids is 3. The number of allylic oxidation sites excluding steroid dienone is 1. The molecule has 0 unspecified atom stereocenters. The van der Waals surface area contributed by atoms with Crippen LogP contribution in [0.3, 0.4) is 0 Å². The molecule has 2 N–H and O–H groups in total. The van der Waals surface area contributed by atoms with Crippen LogP contribution in [0.4, 0.5) is 0 Å². The zero-order chi connectivity index (χ0) is 21.4. The van der Waals surface area contributed by atoms with Crippen molar-refractivity contribution in [2.24, 2.45) is 0 Å². The molecule has 0 aliphatic rings. The zero-order valence-electron chi connectivity index (χ0n) is 16.9. The Labute approximate surface area is 166 Å². The molecule has 0 saturated heterocycles. The van der Waals surface area contributed by atoms with Crippen LogP contribution in [0, 0.1) is 0 Å². The number of nitrogens with one attached hydrogen (secondary N) is 1. The van der Waals surface area contributed by atoms with Gasteiger partial charge in [0.2, 0.25) is 0 Å². The van der Waals surface area contributed by atoms with Gasteiger partial charge in [-0.1, -0.05) is 49.8 Å². The monoisotopic (exact) mass is 394 g/mol. The molecule has 0 aromatic heterocycles. The Morgan fingerprint density at radius 1 is 1.21 bits per heavy atom. The van der Waals surface area contributed by atoms with Crippen molar-refractivity contribution in [3.8, 4) is 0 Å². The van der Waals surface area contributed by atoms with E-state index >= 15 is 0 Å². The summed E-state index contributed by atoms with van der Waals surface area (Å²) in [5, 5.41) is 11.7. The van der Waals surface area contributed by atoms with Gasteiger partial charge in [0.1, 0.15) is 6.54 Å². The number of ether oxygens (including phenoxy) is 1. The second-order valence-electron chi connectivity index (χ2n) is 5.74. The highest BCUT2D eigenvalue weighted by atomic mass is 16.9. The number of hydrogen-bond acceptors (Lipinski definition) is 6. The Balaban J connectivity index is 0.00000227. The van der Waals surface area contributed by atoms with Crippen LogP contribution in [0.2, 0.25) is 0 Å². The van der Waals surface area contributed by atoms with Gasteiger partial charge in [0.05, 0.1) is 14.2 Å². The number of hydrogen-bond donors (Lipinski definition) is 2. The van der Waals surface area contributed by atoms with E-state index in [1.54, 1.807) is 18.2 Å². The van der Waals surface area contributed by atoms with Crippen molar-refractivity contribution in [2.75, 3.05) is 20.8 Å². The molecule has 2 amide bonds. The predicted molar refractivity (Wildman–Crippen MR) is 105 cm³/mol. The minimum atomic E-state index is -0.520. The van der Waals surface area contributed by atoms with Crippen molar-refractivity contribution < 1.29 is 29.2 Å². The largest absolute Gasteiger partial charge is 0.468 e. The fraction of sp³-hybridized carbons (Fsp3) is 0.450. The average Bonchev–Trinajstić information content (AvgIpc) is 2.71. The Kier molecular flexibility index (Phi) is 13.9. The summed E-state index contributed by atoms with van der Waals surface area (Å²) in [5.41, 5.74) is 1.25. The first-order valence-corrected chi connectivity index (χ1v) is 9.07. The molecule has 0 aliphatic carbocycles. The van der Waals surface area contributed by atoms with E-state index in [-0.39, 0.29) is 24.1 Å². The van der Waals surface area contributed by atoms with Crippen molar-refractivity contribution in [1.82, 2.24) is 10.5 Å². The van der Waals surface area contributed by atoms with E-state index in [1.165, 1.54) is 20.6 Å². The van der Waals surface area contributed by atoms with Gasteiger partial charge in [0, 0.05) is 12.0 Å². The highest BCUT2D eigenvalue weighted by Gasteiger charge is 2.09. The maximum Gasteiger partial charge on any atom is 0.325 e. The second-order valence-corrected chi connectivity index (χ2v) is 5.74. The molecule has 0 bridgehead atoms. The molecular formula is C20H30N2O6. The van der Waals surface area contributed by atoms with E-state index in [1.807, 2.05) is 18.2 Å². The normalized spacial score (nSPS) is 10.0. The molecule has 0 fully saturated rings. The molecule has 0 radical (unpaired) electrons. The smallest absolute Gasteiger partial charge is 0.325 e. The van der Waals surface area contributed by atoms with Crippen molar-refractivity contribution in [3.63, 3.8) is 0 Å². The number of rotatable bonds is 9. The molecule has 1 aromatic rings. The van der Waals surface area contributed by atoms with Gasteiger partial charge >= 0.3 is 5.97 Å². The van der Waals surface area contributed by atoms with Crippen LogP contribution in [-0.4, -0.2) is 49.0 Å². The van der Waals surface area contributed by atoms with Gasteiger partial charge in [-0.05, 0) is 30.5 Å². The predicted octanol–water partition coefficient (Wildman–Crippen LogP) is 2.97. The first-order chi connectivity index (χ1) is 13.4. The topological polar surface area (TPSA) is 105 Å². The van der Waals surface area contributed by atoms with Gasteiger partial charge < -0.3 is 10.1 Å².